The maximum Gasteiger partial charge on any atom is 0.128 e. The van der Waals surface area contributed by atoms with Crippen molar-refractivity contribution >= 4 is 11.0 Å². The number of rotatable bonds is 4. The summed E-state index contributed by atoms with van der Waals surface area (Å²) in [7, 11) is 0. The molecular weight excluding hydrogens is 277 g/mol. The first kappa shape index (κ1) is 14.3. The first-order valence-electron chi connectivity index (χ1n) is 7.31. The minimum absolute atomic E-state index is 0.213. The van der Waals surface area contributed by atoms with E-state index in [-0.39, 0.29) is 12.2 Å². The van der Waals surface area contributed by atoms with Crippen LogP contribution in [0.4, 0.5) is 4.39 Å². The Labute approximate surface area is 128 Å². The summed E-state index contributed by atoms with van der Waals surface area (Å²) in [6, 6.07) is 14.9. The Hall–Kier alpha value is -2.67. The van der Waals surface area contributed by atoms with Gasteiger partial charge in [-0.3, -0.25) is 0 Å². The summed E-state index contributed by atoms with van der Waals surface area (Å²) in [6.45, 7) is 2.47. The molecule has 2 aromatic carbocycles. The standard InChI is InChI=1S/C18H16FN3/c1-2-13-7-8-17-16(11-13)21-18(9-10-20)22(17)12-14-5-3-4-6-15(14)19/h3-8,11H,2,9,12H2,1H3. The van der Waals surface area contributed by atoms with Gasteiger partial charge in [-0.05, 0) is 30.2 Å². The number of imidazole rings is 1. The van der Waals surface area contributed by atoms with Gasteiger partial charge in [0.25, 0.3) is 0 Å². The number of hydrogen-bond acceptors (Lipinski definition) is 2. The third-order valence-electron chi connectivity index (χ3n) is 3.82. The average molecular weight is 293 g/mol. The van der Waals surface area contributed by atoms with Gasteiger partial charge >= 0.3 is 0 Å². The van der Waals surface area contributed by atoms with Gasteiger partial charge in [-0.2, -0.15) is 5.26 Å². The van der Waals surface area contributed by atoms with Crippen molar-refractivity contribution < 1.29 is 4.39 Å². The Bertz CT molecular complexity index is 858. The highest BCUT2D eigenvalue weighted by molar-refractivity contribution is 5.77. The van der Waals surface area contributed by atoms with Gasteiger partial charge in [0.15, 0.2) is 0 Å². The maximum atomic E-state index is 13.9. The van der Waals surface area contributed by atoms with Gasteiger partial charge in [-0.1, -0.05) is 31.2 Å². The van der Waals surface area contributed by atoms with E-state index in [4.69, 9.17) is 5.26 Å². The highest BCUT2D eigenvalue weighted by Gasteiger charge is 2.13. The maximum absolute atomic E-state index is 13.9. The van der Waals surface area contributed by atoms with Crippen LogP contribution in [0.25, 0.3) is 11.0 Å². The molecule has 1 aromatic heterocycles. The number of nitriles is 1. The second kappa shape index (κ2) is 5.98. The van der Waals surface area contributed by atoms with E-state index in [0.717, 1.165) is 17.5 Å². The second-order valence-corrected chi connectivity index (χ2v) is 5.22. The molecule has 3 aromatic rings. The summed E-state index contributed by atoms with van der Waals surface area (Å²) in [4.78, 5) is 4.55. The summed E-state index contributed by atoms with van der Waals surface area (Å²) in [5.41, 5.74) is 3.60. The van der Waals surface area contributed by atoms with E-state index in [2.05, 4.69) is 24.0 Å². The summed E-state index contributed by atoms with van der Waals surface area (Å²) in [6.07, 6.45) is 1.15. The van der Waals surface area contributed by atoms with E-state index in [1.807, 2.05) is 22.8 Å². The van der Waals surface area contributed by atoms with Crippen LogP contribution >= 0.6 is 0 Å². The van der Waals surface area contributed by atoms with Crippen molar-refractivity contribution in [3.63, 3.8) is 0 Å². The normalized spacial score (nSPS) is 10.8. The molecule has 1 heterocycles. The van der Waals surface area contributed by atoms with Gasteiger partial charge in [-0.25, -0.2) is 9.37 Å². The number of halogens is 1. The first-order chi connectivity index (χ1) is 10.7. The van der Waals surface area contributed by atoms with Crippen LogP contribution in [-0.4, -0.2) is 9.55 Å². The molecule has 0 unspecified atom stereocenters. The molecule has 0 radical (unpaired) electrons. The smallest absolute Gasteiger partial charge is 0.128 e. The van der Waals surface area contributed by atoms with Gasteiger partial charge in [0.2, 0.25) is 0 Å². The molecule has 0 saturated carbocycles. The van der Waals surface area contributed by atoms with Crippen molar-refractivity contribution in [2.75, 3.05) is 0 Å². The summed E-state index contributed by atoms with van der Waals surface area (Å²) < 4.78 is 15.8. The van der Waals surface area contributed by atoms with Crippen molar-refractivity contribution in [2.24, 2.45) is 0 Å². The highest BCUT2D eigenvalue weighted by atomic mass is 19.1. The van der Waals surface area contributed by atoms with Crippen LogP contribution in [0.1, 0.15) is 23.9 Å². The fraction of sp³-hybridized carbons (Fsp3) is 0.222. The van der Waals surface area contributed by atoms with Gasteiger partial charge in [-0.15, -0.1) is 0 Å². The Morgan fingerprint density at radius 1 is 1.23 bits per heavy atom. The number of nitrogens with zero attached hydrogens (tertiary/aromatic N) is 3. The summed E-state index contributed by atoms with van der Waals surface area (Å²) in [5, 5.41) is 9.01. The minimum Gasteiger partial charge on any atom is -0.323 e. The molecule has 0 fully saturated rings. The van der Waals surface area contributed by atoms with E-state index in [0.29, 0.717) is 17.9 Å². The molecule has 4 heteroatoms. The van der Waals surface area contributed by atoms with Crippen LogP contribution in [0.2, 0.25) is 0 Å². The average Bonchev–Trinajstić information content (AvgIpc) is 2.86. The fourth-order valence-electron chi connectivity index (χ4n) is 2.62. The van der Waals surface area contributed by atoms with Crippen molar-refractivity contribution in [2.45, 2.75) is 26.3 Å². The van der Waals surface area contributed by atoms with Crippen molar-refractivity contribution in [1.82, 2.24) is 9.55 Å². The minimum atomic E-state index is -0.238. The zero-order chi connectivity index (χ0) is 15.5. The van der Waals surface area contributed by atoms with Crippen LogP contribution in [0, 0.1) is 17.1 Å². The lowest BCUT2D eigenvalue weighted by Crippen LogP contribution is -2.06. The molecule has 0 amide bonds. The van der Waals surface area contributed by atoms with Crippen molar-refractivity contribution in [3.05, 3.63) is 65.2 Å². The van der Waals surface area contributed by atoms with Gasteiger partial charge in [0.1, 0.15) is 11.6 Å². The summed E-state index contributed by atoms with van der Waals surface area (Å²) >= 11 is 0. The highest BCUT2D eigenvalue weighted by Crippen LogP contribution is 2.21. The summed E-state index contributed by atoms with van der Waals surface area (Å²) in [5.74, 6) is 0.437. The molecule has 110 valence electrons. The number of aryl methyl sites for hydroxylation is 1. The monoisotopic (exact) mass is 293 g/mol. The third kappa shape index (κ3) is 2.58. The SMILES string of the molecule is CCc1ccc2c(c1)nc(CC#N)n2Cc1ccccc1F. The lowest BCUT2D eigenvalue weighted by Gasteiger charge is -2.09. The molecule has 0 atom stereocenters. The Morgan fingerprint density at radius 3 is 2.77 bits per heavy atom. The lowest BCUT2D eigenvalue weighted by atomic mass is 10.1. The molecule has 3 rings (SSSR count). The van der Waals surface area contributed by atoms with E-state index < -0.39 is 0 Å². The quantitative estimate of drug-likeness (QED) is 0.733. The molecule has 0 aliphatic rings. The Balaban J connectivity index is 2.12. The van der Waals surface area contributed by atoms with E-state index in [1.54, 1.807) is 12.1 Å². The van der Waals surface area contributed by atoms with E-state index in [1.165, 1.54) is 11.6 Å². The first-order valence-corrected chi connectivity index (χ1v) is 7.31. The van der Waals surface area contributed by atoms with Gasteiger partial charge < -0.3 is 4.57 Å². The van der Waals surface area contributed by atoms with E-state index >= 15 is 0 Å². The van der Waals surface area contributed by atoms with Gasteiger partial charge in [0.05, 0.1) is 30.1 Å². The molecule has 22 heavy (non-hydrogen) atoms. The van der Waals surface area contributed by atoms with E-state index in [9.17, 15) is 4.39 Å². The molecule has 3 nitrogen and oxygen atoms in total. The second-order valence-electron chi connectivity index (χ2n) is 5.22. The Kier molecular flexibility index (Phi) is 3.88. The molecule has 0 bridgehead atoms. The van der Waals surface area contributed by atoms with Crippen LogP contribution in [0.3, 0.4) is 0 Å². The Morgan fingerprint density at radius 2 is 2.05 bits per heavy atom. The number of aromatic nitrogens is 2. The molecule has 0 N–H and O–H groups in total. The molecule has 0 aliphatic carbocycles. The predicted molar refractivity (Wildman–Crippen MR) is 83.9 cm³/mol. The molecule has 0 aliphatic heterocycles. The van der Waals surface area contributed by atoms with Gasteiger partial charge in [0, 0.05) is 5.56 Å². The topological polar surface area (TPSA) is 41.6 Å². The third-order valence-corrected chi connectivity index (χ3v) is 3.82. The van der Waals surface area contributed by atoms with Crippen LogP contribution in [0.15, 0.2) is 42.5 Å². The number of fused-ring (bicyclic) bond motifs is 1. The lowest BCUT2D eigenvalue weighted by molar-refractivity contribution is 0.598. The van der Waals surface area contributed by atoms with Crippen LogP contribution in [0.5, 0.6) is 0 Å². The number of benzene rings is 2. The molecular formula is C18H16FN3. The zero-order valence-corrected chi connectivity index (χ0v) is 12.4. The molecule has 0 saturated heterocycles. The zero-order valence-electron chi connectivity index (χ0n) is 12.4. The van der Waals surface area contributed by atoms with Crippen molar-refractivity contribution in [1.29, 1.82) is 5.26 Å². The largest absolute Gasteiger partial charge is 0.323 e. The van der Waals surface area contributed by atoms with Crippen LogP contribution < -0.4 is 0 Å². The molecule has 0 spiro atoms. The predicted octanol–water partition coefficient (Wildman–Crippen LogP) is 3.85. The fourth-order valence-corrected chi connectivity index (χ4v) is 2.62. The van der Waals surface area contributed by atoms with Crippen LogP contribution in [-0.2, 0) is 19.4 Å². The number of hydrogen-bond donors (Lipinski definition) is 0. The van der Waals surface area contributed by atoms with Crippen molar-refractivity contribution in [3.8, 4) is 6.07 Å².